The Balaban J connectivity index is 1.46. The lowest BCUT2D eigenvalue weighted by Gasteiger charge is -2.06. The first kappa shape index (κ1) is 15.4. The number of hydrogen-bond donors (Lipinski definition) is 2. The Morgan fingerprint density at radius 1 is 1.25 bits per heavy atom. The van der Waals surface area contributed by atoms with Crippen LogP contribution in [0.4, 0.5) is 5.69 Å². The highest BCUT2D eigenvalue weighted by Crippen LogP contribution is 2.08. The van der Waals surface area contributed by atoms with E-state index in [4.69, 9.17) is 4.42 Å². The average Bonchev–Trinajstić information content (AvgIpc) is 3.29. The van der Waals surface area contributed by atoms with Crippen molar-refractivity contribution >= 4 is 17.5 Å². The molecule has 0 bridgehead atoms. The van der Waals surface area contributed by atoms with Gasteiger partial charge in [-0.15, -0.1) is 0 Å². The van der Waals surface area contributed by atoms with E-state index in [2.05, 4.69) is 25.7 Å². The molecular formula is C15H14N6O3. The van der Waals surface area contributed by atoms with Crippen LogP contribution in [0.5, 0.6) is 0 Å². The zero-order chi connectivity index (χ0) is 16.8. The molecule has 0 unspecified atom stereocenters. The molecule has 0 atom stereocenters. The van der Waals surface area contributed by atoms with Crippen molar-refractivity contribution in [2.24, 2.45) is 0 Å². The summed E-state index contributed by atoms with van der Waals surface area (Å²) in [6.45, 7) is 0.223. The largest absolute Gasteiger partial charge is 0.472 e. The molecule has 0 aliphatic carbocycles. The van der Waals surface area contributed by atoms with Crippen molar-refractivity contribution in [3.05, 3.63) is 55.1 Å². The molecule has 3 rings (SSSR count). The van der Waals surface area contributed by atoms with Gasteiger partial charge in [-0.05, 0) is 18.2 Å². The van der Waals surface area contributed by atoms with Gasteiger partial charge in [-0.2, -0.15) is 5.10 Å². The standard InChI is InChI=1S/C15H14N6O3/c22-14(3-5-17-15(23)11-4-6-24-8-11)20-12-1-2-13(18-7-12)21-10-16-9-19-21/h1-2,4,6-10H,3,5H2,(H,17,23)(H,20,22). The molecule has 24 heavy (non-hydrogen) atoms. The predicted octanol–water partition coefficient (Wildman–Crippen LogP) is 1.01. The highest BCUT2D eigenvalue weighted by molar-refractivity contribution is 5.94. The Kier molecular flexibility index (Phi) is 4.61. The van der Waals surface area contributed by atoms with E-state index < -0.39 is 0 Å². The van der Waals surface area contributed by atoms with Gasteiger partial charge in [-0.25, -0.2) is 14.6 Å². The van der Waals surface area contributed by atoms with E-state index in [1.165, 1.54) is 36.1 Å². The maximum atomic E-state index is 11.9. The molecule has 2 amide bonds. The maximum Gasteiger partial charge on any atom is 0.254 e. The van der Waals surface area contributed by atoms with Crippen LogP contribution < -0.4 is 10.6 Å². The molecule has 0 radical (unpaired) electrons. The van der Waals surface area contributed by atoms with Crippen LogP contribution in [0.1, 0.15) is 16.8 Å². The number of nitrogens with one attached hydrogen (secondary N) is 2. The molecule has 9 nitrogen and oxygen atoms in total. The van der Waals surface area contributed by atoms with E-state index >= 15 is 0 Å². The molecule has 2 N–H and O–H groups in total. The second kappa shape index (κ2) is 7.18. The van der Waals surface area contributed by atoms with Crippen LogP contribution in [-0.4, -0.2) is 38.1 Å². The minimum absolute atomic E-state index is 0.147. The first-order chi connectivity index (χ1) is 11.7. The normalized spacial score (nSPS) is 10.3. The van der Waals surface area contributed by atoms with Gasteiger partial charge in [-0.3, -0.25) is 9.59 Å². The SMILES string of the molecule is O=C(CCNC(=O)c1ccoc1)Nc1ccc(-n2cncn2)nc1. The van der Waals surface area contributed by atoms with Gasteiger partial charge in [-0.1, -0.05) is 0 Å². The van der Waals surface area contributed by atoms with E-state index in [1.807, 2.05) is 0 Å². The molecule has 9 heteroatoms. The van der Waals surface area contributed by atoms with Crippen LogP contribution in [0.2, 0.25) is 0 Å². The van der Waals surface area contributed by atoms with E-state index in [0.29, 0.717) is 17.1 Å². The summed E-state index contributed by atoms with van der Waals surface area (Å²) in [4.78, 5) is 31.5. The molecule has 0 fully saturated rings. The summed E-state index contributed by atoms with van der Waals surface area (Å²) in [5.41, 5.74) is 0.980. The number of hydrogen-bond acceptors (Lipinski definition) is 6. The molecule has 0 saturated heterocycles. The number of anilines is 1. The molecule has 0 aliphatic rings. The molecule has 0 saturated carbocycles. The Hall–Kier alpha value is -3.49. The number of nitrogens with zero attached hydrogens (tertiary/aromatic N) is 4. The lowest BCUT2D eigenvalue weighted by molar-refractivity contribution is -0.116. The molecule has 0 aromatic carbocycles. The fourth-order valence-electron chi connectivity index (χ4n) is 1.93. The summed E-state index contributed by atoms with van der Waals surface area (Å²) in [6.07, 6.45) is 7.38. The van der Waals surface area contributed by atoms with Crippen molar-refractivity contribution in [1.82, 2.24) is 25.1 Å². The van der Waals surface area contributed by atoms with Crippen molar-refractivity contribution in [1.29, 1.82) is 0 Å². The summed E-state index contributed by atoms with van der Waals surface area (Å²) < 4.78 is 6.33. The van der Waals surface area contributed by atoms with Gasteiger partial charge >= 0.3 is 0 Å². The third-order valence-electron chi connectivity index (χ3n) is 3.11. The predicted molar refractivity (Wildman–Crippen MR) is 83.4 cm³/mol. The van der Waals surface area contributed by atoms with Crippen LogP contribution in [-0.2, 0) is 4.79 Å². The van der Waals surface area contributed by atoms with Crippen molar-refractivity contribution in [2.45, 2.75) is 6.42 Å². The number of pyridine rings is 1. The van der Waals surface area contributed by atoms with Crippen LogP contribution in [0.15, 0.2) is 54.0 Å². The minimum atomic E-state index is -0.282. The molecule has 3 heterocycles. The van der Waals surface area contributed by atoms with Gasteiger partial charge in [0, 0.05) is 13.0 Å². The fourth-order valence-corrected chi connectivity index (χ4v) is 1.93. The quantitative estimate of drug-likeness (QED) is 0.698. The van der Waals surface area contributed by atoms with Crippen LogP contribution in [0, 0.1) is 0 Å². The third kappa shape index (κ3) is 3.83. The van der Waals surface area contributed by atoms with E-state index in [9.17, 15) is 9.59 Å². The van der Waals surface area contributed by atoms with Gasteiger partial charge in [0.05, 0.1) is 23.7 Å². The van der Waals surface area contributed by atoms with Gasteiger partial charge in [0.15, 0.2) is 5.82 Å². The molecular weight excluding hydrogens is 312 g/mol. The van der Waals surface area contributed by atoms with Gasteiger partial charge < -0.3 is 15.1 Å². The smallest absolute Gasteiger partial charge is 0.254 e. The molecule has 3 aromatic heterocycles. The second-order valence-corrected chi connectivity index (χ2v) is 4.81. The summed E-state index contributed by atoms with van der Waals surface area (Å²) in [6, 6.07) is 4.98. The monoisotopic (exact) mass is 326 g/mol. The summed E-state index contributed by atoms with van der Waals surface area (Å²) in [5.74, 6) is 0.0890. The maximum absolute atomic E-state index is 11.9. The van der Waals surface area contributed by atoms with Crippen LogP contribution >= 0.6 is 0 Å². The zero-order valence-electron chi connectivity index (χ0n) is 12.5. The molecule has 3 aromatic rings. The summed E-state index contributed by atoms with van der Waals surface area (Å²) in [7, 11) is 0. The Morgan fingerprint density at radius 3 is 2.83 bits per heavy atom. The highest BCUT2D eigenvalue weighted by atomic mass is 16.3. The highest BCUT2D eigenvalue weighted by Gasteiger charge is 2.08. The molecule has 122 valence electrons. The van der Waals surface area contributed by atoms with Crippen molar-refractivity contribution in [3.63, 3.8) is 0 Å². The van der Waals surface area contributed by atoms with E-state index in [1.54, 1.807) is 18.2 Å². The Morgan fingerprint density at radius 2 is 2.17 bits per heavy atom. The number of rotatable bonds is 6. The van der Waals surface area contributed by atoms with Crippen molar-refractivity contribution in [2.75, 3.05) is 11.9 Å². The molecule has 0 aliphatic heterocycles. The third-order valence-corrected chi connectivity index (χ3v) is 3.11. The van der Waals surface area contributed by atoms with Crippen molar-refractivity contribution in [3.8, 4) is 5.82 Å². The lowest BCUT2D eigenvalue weighted by atomic mass is 10.3. The first-order valence-electron chi connectivity index (χ1n) is 7.14. The van der Waals surface area contributed by atoms with Gasteiger partial charge in [0.2, 0.25) is 5.91 Å². The average molecular weight is 326 g/mol. The number of carbonyl (C=O) groups is 2. The van der Waals surface area contributed by atoms with E-state index in [-0.39, 0.29) is 24.8 Å². The molecule has 0 spiro atoms. The van der Waals surface area contributed by atoms with E-state index in [0.717, 1.165) is 0 Å². The fraction of sp³-hybridized carbons (Fsp3) is 0.133. The Bertz CT molecular complexity index is 796. The number of amides is 2. The topological polar surface area (TPSA) is 115 Å². The van der Waals surface area contributed by atoms with Crippen molar-refractivity contribution < 1.29 is 14.0 Å². The first-order valence-corrected chi connectivity index (χ1v) is 7.14. The summed E-state index contributed by atoms with van der Waals surface area (Å²) in [5, 5.41) is 9.31. The van der Waals surface area contributed by atoms with Crippen LogP contribution in [0.3, 0.4) is 0 Å². The summed E-state index contributed by atoms with van der Waals surface area (Å²) >= 11 is 0. The number of furan rings is 1. The van der Waals surface area contributed by atoms with Gasteiger partial charge in [0.25, 0.3) is 5.91 Å². The van der Waals surface area contributed by atoms with Crippen LogP contribution in [0.25, 0.3) is 5.82 Å². The zero-order valence-corrected chi connectivity index (χ0v) is 12.5. The lowest BCUT2D eigenvalue weighted by Crippen LogP contribution is -2.27. The Labute approximate surface area is 136 Å². The van der Waals surface area contributed by atoms with Gasteiger partial charge in [0.1, 0.15) is 18.9 Å². The number of aromatic nitrogens is 4. The second-order valence-electron chi connectivity index (χ2n) is 4.81. The minimum Gasteiger partial charge on any atom is -0.472 e. The number of carbonyl (C=O) groups excluding carboxylic acids is 2.